The Balaban J connectivity index is 2.11. The fourth-order valence-corrected chi connectivity index (χ4v) is 2.54. The minimum absolute atomic E-state index is 0.0632. The molecular formula is C16H12INO. The molecule has 0 unspecified atom stereocenters. The van der Waals surface area contributed by atoms with E-state index in [0.717, 1.165) is 31.2 Å². The average Bonchev–Trinajstić information content (AvgIpc) is 2.81. The van der Waals surface area contributed by atoms with Crippen molar-refractivity contribution in [2.45, 2.75) is 6.92 Å². The van der Waals surface area contributed by atoms with E-state index in [4.69, 9.17) is 0 Å². The lowest BCUT2D eigenvalue weighted by atomic mass is 10.0. The summed E-state index contributed by atoms with van der Waals surface area (Å²) in [5, 5.41) is 0.989. The molecule has 94 valence electrons. The van der Waals surface area contributed by atoms with Crippen molar-refractivity contribution in [3.8, 4) is 0 Å². The van der Waals surface area contributed by atoms with E-state index in [9.17, 15) is 4.79 Å². The fourth-order valence-electron chi connectivity index (χ4n) is 2.18. The average molecular weight is 361 g/mol. The molecule has 1 N–H and O–H groups in total. The van der Waals surface area contributed by atoms with Gasteiger partial charge in [-0.1, -0.05) is 11.6 Å². The van der Waals surface area contributed by atoms with Crippen molar-refractivity contribution < 1.29 is 4.79 Å². The van der Waals surface area contributed by atoms with E-state index >= 15 is 0 Å². The molecule has 0 aliphatic carbocycles. The van der Waals surface area contributed by atoms with Gasteiger partial charge in [0, 0.05) is 31.8 Å². The first kappa shape index (κ1) is 12.4. The second-order valence-corrected chi connectivity index (χ2v) is 5.83. The van der Waals surface area contributed by atoms with Crippen LogP contribution in [0, 0.1) is 10.5 Å². The number of fused-ring (bicyclic) bond motifs is 1. The minimum Gasteiger partial charge on any atom is -0.360 e. The van der Waals surface area contributed by atoms with Gasteiger partial charge in [-0.25, -0.2) is 0 Å². The van der Waals surface area contributed by atoms with Gasteiger partial charge >= 0.3 is 0 Å². The van der Waals surface area contributed by atoms with Crippen LogP contribution < -0.4 is 0 Å². The predicted octanol–water partition coefficient (Wildman–Crippen LogP) is 4.31. The second-order valence-electron chi connectivity index (χ2n) is 4.59. The molecule has 3 rings (SSSR count). The lowest BCUT2D eigenvalue weighted by Crippen LogP contribution is -2.00. The van der Waals surface area contributed by atoms with Gasteiger partial charge < -0.3 is 4.98 Å². The molecule has 0 aliphatic heterocycles. The molecule has 0 spiro atoms. The predicted molar refractivity (Wildman–Crippen MR) is 85.6 cm³/mol. The standard InChI is InChI=1S/C16H12INO/c1-10-2-7-15-13(8-10)14(9-18-15)16(19)11-3-5-12(17)6-4-11/h2-9,18H,1H3. The third-order valence-corrected chi connectivity index (χ3v) is 3.91. The zero-order valence-corrected chi connectivity index (χ0v) is 12.6. The SMILES string of the molecule is Cc1ccc2[nH]cc(C(=O)c3ccc(I)cc3)c2c1. The van der Waals surface area contributed by atoms with E-state index in [2.05, 4.69) is 27.6 Å². The van der Waals surface area contributed by atoms with E-state index in [1.165, 1.54) is 0 Å². The molecule has 3 aromatic rings. The molecule has 0 atom stereocenters. The van der Waals surface area contributed by atoms with Gasteiger partial charge in [0.25, 0.3) is 0 Å². The summed E-state index contributed by atoms with van der Waals surface area (Å²) in [5.74, 6) is 0.0632. The Morgan fingerprint density at radius 1 is 1.11 bits per heavy atom. The number of aromatic amines is 1. The van der Waals surface area contributed by atoms with Crippen LogP contribution in [0.3, 0.4) is 0 Å². The number of carbonyl (C=O) groups is 1. The highest BCUT2D eigenvalue weighted by molar-refractivity contribution is 14.1. The Hall–Kier alpha value is -1.62. The molecule has 0 amide bonds. The number of aromatic nitrogens is 1. The highest BCUT2D eigenvalue weighted by Crippen LogP contribution is 2.22. The summed E-state index contributed by atoms with van der Waals surface area (Å²) >= 11 is 2.23. The normalized spacial score (nSPS) is 10.8. The van der Waals surface area contributed by atoms with E-state index < -0.39 is 0 Å². The van der Waals surface area contributed by atoms with Gasteiger partial charge in [-0.2, -0.15) is 0 Å². The molecule has 0 saturated heterocycles. The number of nitrogens with one attached hydrogen (secondary N) is 1. The Morgan fingerprint density at radius 3 is 2.58 bits per heavy atom. The van der Waals surface area contributed by atoms with Crippen LogP contribution in [0.1, 0.15) is 21.5 Å². The first-order valence-electron chi connectivity index (χ1n) is 6.03. The fraction of sp³-hybridized carbons (Fsp3) is 0.0625. The van der Waals surface area contributed by atoms with E-state index in [1.807, 2.05) is 49.4 Å². The lowest BCUT2D eigenvalue weighted by molar-refractivity contribution is 0.104. The van der Waals surface area contributed by atoms with Crippen molar-refractivity contribution in [1.82, 2.24) is 4.98 Å². The molecule has 0 radical (unpaired) electrons. The topological polar surface area (TPSA) is 32.9 Å². The van der Waals surface area contributed by atoms with Gasteiger partial charge in [-0.3, -0.25) is 4.79 Å². The Bertz CT molecular complexity index is 756. The van der Waals surface area contributed by atoms with Crippen LogP contribution in [0.4, 0.5) is 0 Å². The molecule has 19 heavy (non-hydrogen) atoms. The van der Waals surface area contributed by atoms with Crippen LogP contribution >= 0.6 is 22.6 Å². The number of halogens is 1. The van der Waals surface area contributed by atoms with Crippen molar-refractivity contribution in [3.05, 3.63) is 68.9 Å². The molecule has 0 aliphatic rings. The van der Waals surface area contributed by atoms with Crippen molar-refractivity contribution in [2.75, 3.05) is 0 Å². The molecule has 0 bridgehead atoms. The van der Waals surface area contributed by atoms with Crippen molar-refractivity contribution >= 4 is 39.3 Å². The maximum Gasteiger partial charge on any atom is 0.195 e. The third-order valence-electron chi connectivity index (χ3n) is 3.19. The molecule has 1 aromatic heterocycles. The molecule has 1 heterocycles. The summed E-state index contributed by atoms with van der Waals surface area (Å²) in [4.78, 5) is 15.7. The van der Waals surface area contributed by atoms with Gasteiger partial charge in [0.15, 0.2) is 5.78 Å². The first-order chi connectivity index (χ1) is 9.15. The van der Waals surface area contributed by atoms with Crippen molar-refractivity contribution in [1.29, 1.82) is 0 Å². The number of benzene rings is 2. The van der Waals surface area contributed by atoms with Gasteiger partial charge in [0.1, 0.15) is 0 Å². The summed E-state index contributed by atoms with van der Waals surface area (Å²) in [5.41, 5.74) is 3.62. The van der Waals surface area contributed by atoms with Gasteiger partial charge in [-0.15, -0.1) is 0 Å². The maximum absolute atomic E-state index is 12.5. The Kier molecular flexibility index (Phi) is 3.14. The van der Waals surface area contributed by atoms with E-state index in [-0.39, 0.29) is 5.78 Å². The second kappa shape index (κ2) is 4.81. The number of aryl methyl sites for hydroxylation is 1. The van der Waals surface area contributed by atoms with Gasteiger partial charge in [0.2, 0.25) is 0 Å². The summed E-state index contributed by atoms with van der Waals surface area (Å²) in [6, 6.07) is 13.7. The van der Waals surface area contributed by atoms with Gasteiger partial charge in [-0.05, 0) is 65.9 Å². The summed E-state index contributed by atoms with van der Waals surface area (Å²) in [6.45, 7) is 2.03. The van der Waals surface area contributed by atoms with Gasteiger partial charge in [0.05, 0.1) is 0 Å². The zero-order chi connectivity index (χ0) is 13.4. The molecule has 0 fully saturated rings. The Labute approximate surface area is 125 Å². The van der Waals surface area contributed by atoms with Crippen LogP contribution in [0.15, 0.2) is 48.7 Å². The monoisotopic (exact) mass is 361 g/mol. The minimum atomic E-state index is 0.0632. The number of hydrogen-bond donors (Lipinski definition) is 1. The molecule has 0 saturated carbocycles. The smallest absolute Gasteiger partial charge is 0.195 e. The summed E-state index contributed by atoms with van der Waals surface area (Å²) < 4.78 is 1.13. The summed E-state index contributed by atoms with van der Waals surface area (Å²) in [6.07, 6.45) is 1.80. The first-order valence-corrected chi connectivity index (χ1v) is 7.11. The highest BCUT2D eigenvalue weighted by atomic mass is 127. The van der Waals surface area contributed by atoms with Crippen LogP contribution in [-0.4, -0.2) is 10.8 Å². The van der Waals surface area contributed by atoms with Crippen LogP contribution in [-0.2, 0) is 0 Å². The van der Waals surface area contributed by atoms with E-state index in [1.54, 1.807) is 6.20 Å². The number of carbonyl (C=O) groups excluding carboxylic acids is 1. The Morgan fingerprint density at radius 2 is 1.84 bits per heavy atom. The highest BCUT2D eigenvalue weighted by Gasteiger charge is 2.13. The lowest BCUT2D eigenvalue weighted by Gasteiger charge is -2.01. The largest absolute Gasteiger partial charge is 0.360 e. The molecule has 2 aromatic carbocycles. The summed E-state index contributed by atoms with van der Waals surface area (Å²) in [7, 11) is 0. The molecular weight excluding hydrogens is 349 g/mol. The quantitative estimate of drug-likeness (QED) is 0.536. The third kappa shape index (κ3) is 2.30. The van der Waals surface area contributed by atoms with Crippen molar-refractivity contribution in [2.24, 2.45) is 0 Å². The van der Waals surface area contributed by atoms with Crippen molar-refractivity contribution in [3.63, 3.8) is 0 Å². The van der Waals surface area contributed by atoms with Crippen LogP contribution in [0.5, 0.6) is 0 Å². The number of H-pyrrole nitrogens is 1. The molecule has 3 heteroatoms. The zero-order valence-electron chi connectivity index (χ0n) is 10.4. The molecule has 2 nitrogen and oxygen atoms in total. The number of ketones is 1. The van der Waals surface area contributed by atoms with Crippen LogP contribution in [0.25, 0.3) is 10.9 Å². The maximum atomic E-state index is 12.5. The number of rotatable bonds is 2. The van der Waals surface area contributed by atoms with E-state index in [0.29, 0.717) is 0 Å². The van der Waals surface area contributed by atoms with Crippen LogP contribution in [0.2, 0.25) is 0 Å². The number of hydrogen-bond acceptors (Lipinski definition) is 1.